The smallest absolute Gasteiger partial charge is 0.282 e. The molecule has 5 nitrogen and oxygen atoms in total. The number of carbonyl (C=O) groups excluding carboxylic acids is 2. The molecule has 1 N–H and O–H groups in total. The highest BCUT2D eigenvalue weighted by molar-refractivity contribution is 6.05. The minimum Gasteiger partial charge on any atom is -0.388 e. The standard InChI is InChI=1S/C25H25NO4/c27-19-24(28)22-15-9-16-23(18-22)26(25(29)21-13-5-2-6-14-21)30-17-8-7-12-20-10-3-1-4-11-20/h1-6,9-11,13-16,18,27H,7-8,12,17,19H2. The number of nitrogens with zero attached hydrogens (tertiary/aromatic N) is 1. The summed E-state index contributed by atoms with van der Waals surface area (Å²) < 4.78 is 0. The van der Waals surface area contributed by atoms with E-state index >= 15 is 0 Å². The number of aryl methyl sites for hydroxylation is 1. The number of aliphatic hydroxyl groups excluding tert-OH is 1. The molecule has 30 heavy (non-hydrogen) atoms. The fourth-order valence-corrected chi connectivity index (χ4v) is 3.08. The zero-order valence-corrected chi connectivity index (χ0v) is 16.7. The molecule has 3 aromatic rings. The van der Waals surface area contributed by atoms with Crippen LogP contribution in [0.25, 0.3) is 0 Å². The lowest BCUT2D eigenvalue weighted by atomic mass is 10.1. The van der Waals surface area contributed by atoms with Gasteiger partial charge in [-0.05, 0) is 49.1 Å². The second kappa shape index (κ2) is 11.0. The monoisotopic (exact) mass is 403 g/mol. The van der Waals surface area contributed by atoms with E-state index in [2.05, 4.69) is 12.1 Å². The number of aliphatic hydroxyl groups is 1. The maximum atomic E-state index is 13.0. The van der Waals surface area contributed by atoms with Crippen LogP contribution in [0.5, 0.6) is 0 Å². The number of amides is 1. The molecule has 0 aliphatic rings. The van der Waals surface area contributed by atoms with Gasteiger partial charge in [0.15, 0.2) is 5.78 Å². The summed E-state index contributed by atoms with van der Waals surface area (Å²) in [7, 11) is 0. The van der Waals surface area contributed by atoms with Gasteiger partial charge in [0.1, 0.15) is 6.61 Å². The second-order valence-electron chi connectivity index (χ2n) is 6.87. The van der Waals surface area contributed by atoms with Crippen molar-refractivity contribution in [1.29, 1.82) is 0 Å². The number of ketones is 1. The highest BCUT2D eigenvalue weighted by Crippen LogP contribution is 2.20. The summed E-state index contributed by atoms with van der Waals surface area (Å²) in [6.45, 7) is -0.222. The van der Waals surface area contributed by atoms with Gasteiger partial charge in [0.25, 0.3) is 5.91 Å². The minimum absolute atomic E-state index is 0.313. The third kappa shape index (κ3) is 5.86. The minimum atomic E-state index is -0.587. The fourth-order valence-electron chi connectivity index (χ4n) is 3.08. The van der Waals surface area contributed by atoms with Crippen LogP contribution in [0.2, 0.25) is 0 Å². The Labute approximate surface area is 176 Å². The largest absolute Gasteiger partial charge is 0.388 e. The highest BCUT2D eigenvalue weighted by Gasteiger charge is 2.20. The van der Waals surface area contributed by atoms with Gasteiger partial charge < -0.3 is 5.11 Å². The Bertz CT molecular complexity index is 957. The zero-order chi connectivity index (χ0) is 21.2. The summed E-state index contributed by atoms with van der Waals surface area (Å²) >= 11 is 0. The molecular weight excluding hydrogens is 378 g/mol. The predicted molar refractivity (Wildman–Crippen MR) is 116 cm³/mol. The van der Waals surface area contributed by atoms with Crippen LogP contribution in [0.3, 0.4) is 0 Å². The van der Waals surface area contributed by atoms with Crippen LogP contribution in [0.1, 0.15) is 39.1 Å². The number of Topliss-reactive ketones (excluding diaryl/α,β-unsaturated/α-hetero) is 1. The molecule has 0 saturated heterocycles. The third-order valence-electron chi connectivity index (χ3n) is 4.67. The topological polar surface area (TPSA) is 66.8 Å². The van der Waals surface area contributed by atoms with E-state index in [1.807, 2.05) is 24.3 Å². The van der Waals surface area contributed by atoms with Crippen LogP contribution in [-0.4, -0.2) is 30.0 Å². The molecule has 0 spiro atoms. The SMILES string of the molecule is O=C(CO)c1cccc(N(OCCCCc2ccccc2)C(=O)c2ccccc2)c1. The van der Waals surface area contributed by atoms with Crippen LogP contribution in [-0.2, 0) is 11.3 Å². The van der Waals surface area contributed by atoms with Gasteiger partial charge in [0, 0.05) is 11.1 Å². The molecule has 0 atom stereocenters. The average Bonchev–Trinajstić information content (AvgIpc) is 2.81. The Kier molecular flexibility index (Phi) is 7.89. The van der Waals surface area contributed by atoms with Crippen molar-refractivity contribution < 1.29 is 19.5 Å². The Balaban J connectivity index is 1.70. The molecule has 1 amide bonds. The summed E-state index contributed by atoms with van der Waals surface area (Å²) in [4.78, 5) is 30.8. The predicted octanol–water partition coefficient (Wildman–Crippen LogP) is 4.46. The number of unbranched alkanes of at least 4 members (excludes halogenated alkanes) is 1. The van der Waals surface area contributed by atoms with E-state index in [0.717, 1.165) is 19.3 Å². The van der Waals surface area contributed by atoms with Crippen molar-refractivity contribution in [2.24, 2.45) is 0 Å². The van der Waals surface area contributed by atoms with Crippen molar-refractivity contribution in [2.75, 3.05) is 18.3 Å². The molecule has 0 fully saturated rings. The molecule has 0 unspecified atom stereocenters. The van der Waals surface area contributed by atoms with Gasteiger partial charge in [-0.2, -0.15) is 5.06 Å². The second-order valence-corrected chi connectivity index (χ2v) is 6.87. The highest BCUT2D eigenvalue weighted by atomic mass is 16.7. The number of benzene rings is 3. The van der Waals surface area contributed by atoms with Gasteiger partial charge in [-0.25, -0.2) is 0 Å². The van der Waals surface area contributed by atoms with Gasteiger partial charge in [-0.3, -0.25) is 14.4 Å². The first kappa shape index (κ1) is 21.4. The molecule has 0 bridgehead atoms. The van der Waals surface area contributed by atoms with Crippen molar-refractivity contribution in [2.45, 2.75) is 19.3 Å². The molecule has 3 aromatic carbocycles. The van der Waals surface area contributed by atoms with E-state index in [0.29, 0.717) is 23.4 Å². The van der Waals surface area contributed by atoms with Crippen LogP contribution in [0, 0.1) is 0 Å². The Morgan fingerprint density at radius 2 is 1.47 bits per heavy atom. The van der Waals surface area contributed by atoms with E-state index in [9.17, 15) is 9.59 Å². The molecule has 0 aliphatic carbocycles. The van der Waals surface area contributed by atoms with Crippen molar-refractivity contribution >= 4 is 17.4 Å². The van der Waals surface area contributed by atoms with Crippen molar-refractivity contribution in [3.63, 3.8) is 0 Å². The number of anilines is 1. The molecule has 3 rings (SSSR count). The molecule has 0 aromatic heterocycles. The first-order valence-electron chi connectivity index (χ1n) is 9.99. The summed E-state index contributed by atoms with van der Waals surface area (Å²) in [6, 6.07) is 25.6. The van der Waals surface area contributed by atoms with Gasteiger partial charge in [0.05, 0.1) is 12.3 Å². The fraction of sp³-hybridized carbons (Fsp3) is 0.200. The number of hydrogen-bond acceptors (Lipinski definition) is 4. The number of hydrogen-bond donors (Lipinski definition) is 1. The maximum absolute atomic E-state index is 13.0. The zero-order valence-electron chi connectivity index (χ0n) is 16.7. The lowest BCUT2D eigenvalue weighted by Crippen LogP contribution is -2.31. The quantitative estimate of drug-likeness (QED) is 0.308. The van der Waals surface area contributed by atoms with Gasteiger partial charge in [0.2, 0.25) is 0 Å². The van der Waals surface area contributed by atoms with Crippen LogP contribution in [0.4, 0.5) is 5.69 Å². The molecule has 0 radical (unpaired) electrons. The van der Waals surface area contributed by atoms with E-state index in [1.165, 1.54) is 10.6 Å². The summed E-state index contributed by atoms with van der Waals surface area (Å²) in [6.07, 6.45) is 2.65. The first-order valence-corrected chi connectivity index (χ1v) is 9.99. The number of hydroxylamine groups is 1. The van der Waals surface area contributed by atoms with E-state index in [4.69, 9.17) is 9.94 Å². The van der Waals surface area contributed by atoms with E-state index in [1.54, 1.807) is 48.5 Å². The lowest BCUT2D eigenvalue weighted by molar-refractivity contribution is 0.0637. The summed E-state index contributed by atoms with van der Waals surface area (Å²) in [5, 5.41) is 10.4. The average molecular weight is 403 g/mol. The Morgan fingerprint density at radius 3 is 2.17 bits per heavy atom. The van der Waals surface area contributed by atoms with Crippen LogP contribution >= 0.6 is 0 Å². The summed E-state index contributed by atoms with van der Waals surface area (Å²) in [5.41, 5.74) is 2.53. The Hall–Kier alpha value is -3.28. The van der Waals surface area contributed by atoms with Crippen LogP contribution < -0.4 is 5.06 Å². The normalized spacial score (nSPS) is 10.6. The van der Waals surface area contributed by atoms with Gasteiger partial charge in [-0.15, -0.1) is 0 Å². The van der Waals surface area contributed by atoms with Crippen molar-refractivity contribution in [3.05, 3.63) is 102 Å². The van der Waals surface area contributed by atoms with Crippen LogP contribution in [0.15, 0.2) is 84.9 Å². The summed E-state index contributed by atoms with van der Waals surface area (Å²) in [5.74, 6) is -0.723. The third-order valence-corrected chi connectivity index (χ3v) is 4.67. The molecule has 0 heterocycles. The maximum Gasteiger partial charge on any atom is 0.282 e. The molecule has 0 saturated carbocycles. The molecular formula is C25H25NO4. The lowest BCUT2D eigenvalue weighted by Gasteiger charge is -2.22. The van der Waals surface area contributed by atoms with Gasteiger partial charge in [-0.1, -0.05) is 60.7 Å². The number of rotatable bonds is 10. The van der Waals surface area contributed by atoms with Crippen molar-refractivity contribution in [1.82, 2.24) is 0 Å². The number of carbonyl (C=O) groups is 2. The van der Waals surface area contributed by atoms with E-state index in [-0.39, 0.29) is 5.91 Å². The Morgan fingerprint density at radius 1 is 0.800 bits per heavy atom. The first-order chi connectivity index (χ1) is 14.7. The van der Waals surface area contributed by atoms with Crippen molar-refractivity contribution in [3.8, 4) is 0 Å². The van der Waals surface area contributed by atoms with E-state index < -0.39 is 12.4 Å². The molecule has 5 heteroatoms. The molecule has 0 aliphatic heterocycles. The molecule has 154 valence electrons. The van der Waals surface area contributed by atoms with Gasteiger partial charge >= 0.3 is 0 Å².